The van der Waals surface area contributed by atoms with Crippen LogP contribution in [0, 0.1) is 0 Å². The molecule has 0 fully saturated rings. The van der Waals surface area contributed by atoms with Gasteiger partial charge in [0.25, 0.3) is 5.91 Å². The van der Waals surface area contributed by atoms with Crippen molar-refractivity contribution in [3.05, 3.63) is 89.7 Å². The van der Waals surface area contributed by atoms with Crippen LogP contribution in [0.4, 0.5) is 5.95 Å². The summed E-state index contributed by atoms with van der Waals surface area (Å²) in [6.45, 7) is 2.67. The van der Waals surface area contributed by atoms with Gasteiger partial charge < -0.3 is 10.6 Å². The summed E-state index contributed by atoms with van der Waals surface area (Å²) in [5.74, 6) is 0.359. The predicted octanol–water partition coefficient (Wildman–Crippen LogP) is 4.01. The van der Waals surface area contributed by atoms with Gasteiger partial charge in [0.15, 0.2) is 0 Å². The Labute approximate surface area is 159 Å². The third-order valence-electron chi connectivity index (χ3n) is 4.33. The summed E-state index contributed by atoms with van der Waals surface area (Å²) in [5, 5.41) is 6.16. The van der Waals surface area contributed by atoms with Crippen molar-refractivity contribution in [2.24, 2.45) is 0 Å². The summed E-state index contributed by atoms with van der Waals surface area (Å²) in [6.07, 6.45) is 4.95. The smallest absolute Gasteiger partial charge is 0.254 e. The Morgan fingerprint density at radius 2 is 1.59 bits per heavy atom. The molecule has 1 unspecified atom stereocenters. The molecule has 138 valence electrons. The molecular weight excluding hydrogens is 336 g/mol. The molecule has 5 heteroatoms. The van der Waals surface area contributed by atoms with E-state index in [1.54, 1.807) is 12.4 Å². The number of aromatic nitrogens is 2. The molecule has 0 aliphatic heterocycles. The van der Waals surface area contributed by atoms with Crippen LogP contribution in [0.15, 0.2) is 73.1 Å². The number of amides is 1. The minimum absolute atomic E-state index is 0.0869. The molecule has 5 nitrogen and oxygen atoms in total. The molecule has 1 atom stereocenters. The van der Waals surface area contributed by atoms with Crippen molar-refractivity contribution in [1.29, 1.82) is 0 Å². The van der Waals surface area contributed by atoms with Crippen molar-refractivity contribution >= 4 is 11.9 Å². The van der Waals surface area contributed by atoms with E-state index in [-0.39, 0.29) is 11.9 Å². The van der Waals surface area contributed by atoms with Crippen LogP contribution in [0.3, 0.4) is 0 Å². The second-order valence-corrected chi connectivity index (χ2v) is 6.42. The molecule has 2 aromatic carbocycles. The van der Waals surface area contributed by atoms with E-state index in [4.69, 9.17) is 0 Å². The van der Waals surface area contributed by atoms with Crippen LogP contribution in [0.25, 0.3) is 0 Å². The first-order valence-electron chi connectivity index (χ1n) is 9.18. The molecule has 0 aliphatic rings. The van der Waals surface area contributed by atoms with E-state index in [1.807, 2.05) is 43.3 Å². The monoisotopic (exact) mass is 360 g/mol. The van der Waals surface area contributed by atoms with Crippen molar-refractivity contribution in [3.63, 3.8) is 0 Å². The zero-order valence-corrected chi connectivity index (χ0v) is 15.4. The van der Waals surface area contributed by atoms with Crippen LogP contribution in [0.2, 0.25) is 0 Å². The van der Waals surface area contributed by atoms with Crippen LogP contribution in [0.1, 0.15) is 40.9 Å². The number of aryl methyl sites for hydroxylation is 1. The van der Waals surface area contributed by atoms with Gasteiger partial charge >= 0.3 is 0 Å². The average Bonchev–Trinajstić information content (AvgIpc) is 2.73. The zero-order valence-electron chi connectivity index (χ0n) is 15.4. The number of carbonyl (C=O) groups excluding carboxylic acids is 1. The van der Waals surface area contributed by atoms with Crippen molar-refractivity contribution in [3.8, 4) is 0 Å². The fraction of sp³-hybridized carbons (Fsp3) is 0.227. The highest BCUT2D eigenvalue weighted by Gasteiger charge is 2.09. The van der Waals surface area contributed by atoms with Crippen LogP contribution in [-0.2, 0) is 6.42 Å². The second kappa shape index (κ2) is 9.48. The second-order valence-electron chi connectivity index (χ2n) is 6.42. The Bertz CT molecular complexity index is 835. The van der Waals surface area contributed by atoms with E-state index in [9.17, 15) is 4.79 Å². The summed E-state index contributed by atoms with van der Waals surface area (Å²) >= 11 is 0. The minimum atomic E-state index is -0.147. The molecule has 0 spiro atoms. The lowest BCUT2D eigenvalue weighted by Crippen LogP contribution is -2.25. The third-order valence-corrected chi connectivity index (χ3v) is 4.33. The van der Waals surface area contributed by atoms with Crippen molar-refractivity contribution in [1.82, 2.24) is 15.3 Å². The van der Waals surface area contributed by atoms with E-state index >= 15 is 0 Å². The highest BCUT2D eigenvalue weighted by atomic mass is 16.1. The molecule has 0 aliphatic carbocycles. The number of anilines is 1. The van der Waals surface area contributed by atoms with Crippen LogP contribution in [0.5, 0.6) is 0 Å². The van der Waals surface area contributed by atoms with Gasteiger partial charge in [-0.25, -0.2) is 9.97 Å². The maximum Gasteiger partial charge on any atom is 0.254 e. The molecule has 0 radical (unpaired) electrons. The Morgan fingerprint density at radius 3 is 2.26 bits per heavy atom. The Hall–Kier alpha value is -3.21. The van der Waals surface area contributed by atoms with Crippen LogP contribution >= 0.6 is 0 Å². The molecule has 2 N–H and O–H groups in total. The van der Waals surface area contributed by atoms with E-state index in [2.05, 4.69) is 44.9 Å². The van der Waals surface area contributed by atoms with Gasteiger partial charge in [0, 0.05) is 18.9 Å². The lowest BCUT2D eigenvalue weighted by atomic mass is 10.1. The quantitative estimate of drug-likeness (QED) is 0.596. The molecule has 0 bridgehead atoms. The first-order valence-corrected chi connectivity index (χ1v) is 9.18. The highest BCUT2D eigenvalue weighted by molar-refractivity contribution is 5.93. The Kier molecular flexibility index (Phi) is 6.52. The third kappa shape index (κ3) is 5.64. The first kappa shape index (κ1) is 18.6. The van der Waals surface area contributed by atoms with E-state index in [0.29, 0.717) is 18.1 Å². The van der Waals surface area contributed by atoms with Gasteiger partial charge in [-0.2, -0.15) is 0 Å². The fourth-order valence-corrected chi connectivity index (χ4v) is 2.78. The maximum absolute atomic E-state index is 12.2. The maximum atomic E-state index is 12.2. The van der Waals surface area contributed by atoms with E-state index in [0.717, 1.165) is 18.4 Å². The zero-order chi connectivity index (χ0) is 18.9. The topological polar surface area (TPSA) is 66.9 Å². The van der Waals surface area contributed by atoms with Crippen molar-refractivity contribution in [2.45, 2.75) is 25.8 Å². The molecule has 1 heterocycles. The van der Waals surface area contributed by atoms with Crippen LogP contribution < -0.4 is 10.6 Å². The average molecular weight is 360 g/mol. The van der Waals surface area contributed by atoms with E-state index < -0.39 is 0 Å². The molecular formula is C22H24N4O. The van der Waals surface area contributed by atoms with Gasteiger partial charge in [0.05, 0.1) is 11.6 Å². The summed E-state index contributed by atoms with van der Waals surface area (Å²) in [7, 11) is 0. The summed E-state index contributed by atoms with van der Waals surface area (Å²) < 4.78 is 0. The lowest BCUT2D eigenvalue weighted by molar-refractivity contribution is 0.0952. The minimum Gasteiger partial charge on any atom is -0.352 e. The highest BCUT2D eigenvalue weighted by Crippen LogP contribution is 2.15. The first-order chi connectivity index (χ1) is 13.2. The number of hydrogen-bond acceptors (Lipinski definition) is 4. The van der Waals surface area contributed by atoms with Gasteiger partial charge in [-0.3, -0.25) is 4.79 Å². The number of nitrogens with one attached hydrogen (secondary N) is 2. The van der Waals surface area contributed by atoms with Gasteiger partial charge in [0.1, 0.15) is 0 Å². The summed E-state index contributed by atoms with van der Waals surface area (Å²) in [5.41, 5.74) is 2.90. The molecule has 1 aromatic heterocycles. The van der Waals surface area contributed by atoms with Crippen LogP contribution in [-0.4, -0.2) is 22.4 Å². The van der Waals surface area contributed by atoms with Crippen molar-refractivity contribution < 1.29 is 4.79 Å². The number of hydrogen-bond donors (Lipinski definition) is 2. The Morgan fingerprint density at radius 1 is 0.963 bits per heavy atom. The van der Waals surface area contributed by atoms with Gasteiger partial charge in [0.2, 0.25) is 5.95 Å². The summed E-state index contributed by atoms with van der Waals surface area (Å²) in [4.78, 5) is 20.7. The lowest BCUT2D eigenvalue weighted by Gasteiger charge is -2.14. The molecule has 27 heavy (non-hydrogen) atoms. The number of nitrogens with zero attached hydrogens (tertiary/aromatic N) is 2. The van der Waals surface area contributed by atoms with Gasteiger partial charge in [-0.1, -0.05) is 60.7 Å². The molecule has 0 saturated heterocycles. The largest absolute Gasteiger partial charge is 0.352 e. The van der Waals surface area contributed by atoms with Gasteiger partial charge in [-0.05, 0) is 30.9 Å². The summed E-state index contributed by atoms with van der Waals surface area (Å²) in [6, 6.07) is 20.4. The molecule has 3 rings (SSSR count). The molecule has 0 saturated carbocycles. The molecule has 3 aromatic rings. The number of rotatable bonds is 8. The normalized spacial score (nSPS) is 11.6. The predicted molar refractivity (Wildman–Crippen MR) is 108 cm³/mol. The molecule has 1 amide bonds. The standard InChI is InChI=1S/C22H24N4O/c1-17(19-12-6-3-7-13-19)26-22-24-15-20(16-25-22)21(27)23-14-8-11-18-9-4-2-5-10-18/h2-7,9-10,12-13,15-17H,8,11,14H2,1H3,(H,23,27)(H,24,25,26). The number of carbonyl (C=O) groups is 1. The van der Waals surface area contributed by atoms with E-state index in [1.165, 1.54) is 5.56 Å². The van der Waals surface area contributed by atoms with Crippen molar-refractivity contribution in [2.75, 3.05) is 11.9 Å². The van der Waals surface area contributed by atoms with Gasteiger partial charge in [-0.15, -0.1) is 0 Å². The SMILES string of the molecule is CC(Nc1ncc(C(=O)NCCCc2ccccc2)cn1)c1ccccc1. The Balaban J connectivity index is 1.45. The fourth-order valence-electron chi connectivity index (χ4n) is 2.78. The number of benzene rings is 2.